The van der Waals surface area contributed by atoms with Crippen molar-refractivity contribution >= 4 is 23.9 Å². The molecule has 2 atom stereocenters. The first-order valence-electron chi connectivity index (χ1n) is 15.0. The number of ether oxygens (including phenoxy) is 2. The van der Waals surface area contributed by atoms with Gasteiger partial charge in [-0.25, -0.2) is 9.59 Å². The van der Waals surface area contributed by atoms with Crippen LogP contribution in [0.15, 0.2) is 25.3 Å². The minimum Gasteiger partial charge on any atom is -0.481 e. The topological polar surface area (TPSA) is 174 Å². The van der Waals surface area contributed by atoms with Gasteiger partial charge in [0, 0.05) is 51.7 Å². The Morgan fingerprint density at radius 1 is 0.644 bits per heavy atom. The van der Waals surface area contributed by atoms with Gasteiger partial charge in [-0.3, -0.25) is 19.4 Å². The molecule has 0 bridgehead atoms. The second-order valence-corrected chi connectivity index (χ2v) is 14.2. The first-order valence-corrected chi connectivity index (χ1v) is 15.0. The minimum absolute atomic E-state index is 0. The Morgan fingerprint density at radius 2 is 0.889 bits per heavy atom. The van der Waals surface area contributed by atoms with Crippen molar-refractivity contribution < 1.29 is 65.6 Å². The molecule has 13 heteroatoms. The van der Waals surface area contributed by atoms with E-state index < -0.39 is 48.9 Å². The molecular formula is C32H54N2NiO10. The summed E-state index contributed by atoms with van der Waals surface area (Å²) in [7, 11) is 0. The Hall–Kier alpha value is -2.31. The number of piperidine rings is 2. The maximum Gasteiger partial charge on any atom is 0.333 e. The molecule has 2 heterocycles. The van der Waals surface area contributed by atoms with Gasteiger partial charge in [0.2, 0.25) is 0 Å². The molecule has 0 aromatic heterocycles. The van der Waals surface area contributed by atoms with Crippen LogP contribution in [0.25, 0.3) is 0 Å². The van der Waals surface area contributed by atoms with Crippen LogP contribution in [0.2, 0.25) is 0 Å². The van der Waals surface area contributed by atoms with E-state index in [2.05, 4.69) is 78.3 Å². The van der Waals surface area contributed by atoms with Gasteiger partial charge in [0.15, 0.2) is 12.2 Å². The summed E-state index contributed by atoms with van der Waals surface area (Å²) < 4.78 is 11.3. The van der Waals surface area contributed by atoms with E-state index in [-0.39, 0.29) is 50.9 Å². The quantitative estimate of drug-likeness (QED) is 0.151. The van der Waals surface area contributed by atoms with Crippen LogP contribution >= 0.6 is 0 Å². The molecule has 2 saturated heterocycles. The van der Waals surface area contributed by atoms with E-state index in [9.17, 15) is 19.2 Å². The Labute approximate surface area is 277 Å². The molecule has 0 aromatic rings. The van der Waals surface area contributed by atoms with Gasteiger partial charge in [-0.15, -0.1) is 13.2 Å². The van der Waals surface area contributed by atoms with Crippen molar-refractivity contribution in [1.82, 2.24) is 9.80 Å². The predicted octanol–water partition coefficient (Wildman–Crippen LogP) is 4.27. The third-order valence-corrected chi connectivity index (χ3v) is 8.44. The van der Waals surface area contributed by atoms with Crippen LogP contribution in [0.4, 0.5) is 0 Å². The Bertz CT molecular complexity index is 941. The molecule has 2 aliphatic heterocycles. The first-order chi connectivity index (χ1) is 20.0. The largest absolute Gasteiger partial charge is 0.481 e. The number of carboxylic acids is 4. The summed E-state index contributed by atoms with van der Waals surface area (Å²) >= 11 is 0. The van der Waals surface area contributed by atoms with E-state index in [4.69, 9.17) is 29.9 Å². The minimum atomic E-state index is -1.31. The fraction of sp³-hybridized carbons (Fsp3) is 0.750. The van der Waals surface area contributed by atoms with Crippen LogP contribution in [-0.2, 0) is 45.1 Å². The van der Waals surface area contributed by atoms with E-state index in [0.717, 1.165) is 13.1 Å². The van der Waals surface area contributed by atoms with Gasteiger partial charge < -0.3 is 29.9 Å². The average Bonchev–Trinajstić information content (AvgIpc) is 2.81. The Balaban J connectivity index is 0.000000842. The van der Waals surface area contributed by atoms with Crippen molar-refractivity contribution in [1.29, 1.82) is 0 Å². The number of nitrogens with zero attached hydrogens (tertiary/aromatic N) is 2. The zero-order valence-electron chi connectivity index (χ0n) is 28.0. The third kappa shape index (κ3) is 12.8. The standard InChI is InChI=1S/2C16H27NO5.Ni/c2*1-6-7-17-15(2,3)9-11(10-16(17,4)5)22-12(14(20)21)8-13(18)19;/h2*6,11-12H,1,7-10H2,2-5H3,(H,18,19)(H,20,21);. The van der Waals surface area contributed by atoms with Crippen molar-refractivity contribution in [3.8, 4) is 0 Å². The Morgan fingerprint density at radius 3 is 1.07 bits per heavy atom. The van der Waals surface area contributed by atoms with Gasteiger partial charge >= 0.3 is 23.9 Å². The second-order valence-electron chi connectivity index (χ2n) is 14.2. The summed E-state index contributed by atoms with van der Waals surface area (Å²) in [6.07, 6.45) is 2.07. The van der Waals surface area contributed by atoms with Crippen LogP contribution in [0.5, 0.6) is 0 Å². The number of carbonyl (C=O) groups is 4. The van der Waals surface area contributed by atoms with Gasteiger partial charge in [0.25, 0.3) is 0 Å². The van der Waals surface area contributed by atoms with Gasteiger partial charge in [-0.2, -0.15) is 0 Å². The second kappa shape index (κ2) is 17.0. The van der Waals surface area contributed by atoms with E-state index in [1.54, 1.807) is 0 Å². The van der Waals surface area contributed by atoms with Crippen LogP contribution in [0, 0.1) is 0 Å². The zero-order valence-corrected chi connectivity index (χ0v) is 29.0. The SMILES string of the molecule is C=CCN1C(C)(C)CC(OC(CC(=O)O)C(=O)O)CC1(C)C.C=CCN1C(C)(C)CC(OC(CC(=O)O)C(=O)O)CC1(C)C.[Ni]. The molecule has 2 rings (SSSR count). The van der Waals surface area contributed by atoms with Crippen LogP contribution in [-0.4, -0.2) is 114 Å². The molecular weight excluding hydrogens is 631 g/mol. The molecule has 4 N–H and O–H groups in total. The molecule has 0 aliphatic carbocycles. The predicted molar refractivity (Wildman–Crippen MR) is 166 cm³/mol. The van der Waals surface area contributed by atoms with E-state index in [0.29, 0.717) is 25.7 Å². The molecule has 0 aromatic carbocycles. The number of carboxylic acid groups (broad SMARTS) is 4. The fourth-order valence-corrected chi connectivity index (χ4v) is 7.06. The van der Waals surface area contributed by atoms with E-state index in [1.807, 2.05) is 12.2 Å². The van der Waals surface area contributed by atoms with E-state index >= 15 is 0 Å². The van der Waals surface area contributed by atoms with Gasteiger partial charge in [-0.1, -0.05) is 12.2 Å². The van der Waals surface area contributed by atoms with Gasteiger partial charge in [-0.05, 0) is 81.1 Å². The van der Waals surface area contributed by atoms with Crippen LogP contribution in [0.3, 0.4) is 0 Å². The van der Waals surface area contributed by atoms with Crippen molar-refractivity contribution in [3.05, 3.63) is 25.3 Å². The molecule has 12 nitrogen and oxygen atoms in total. The molecule has 0 spiro atoms. The molecule has 2 aliphatic rings. The maximum absolute atomic E-state index is 11.2. The zero-order chi connectivity index (χ0) is 34.3. The van der Waals surface area contributed by atoms with Crippen molar-refractivity contribution in [3.63, 3.8) is 0 Å². The van der Waals surface area contributed by atoms with E-state index in [1.165, 1.54) is 0 Å². The summed E-state index contributed by atoms with van der Waals surface area (Å²) in [6.45, 7) is 25.7. The van der Waals surface area contributed by atoms with Crippen molar-refractivity contribution in [2.75, 3.05) is 13.1 Å². The first kappa shape index (κ1) is 42.7. The number of likely N-dealkylation sites (tertiary alicyclic amines) is 2. The summed E-state index contributed by atoms with van der Waals surface area (Å²) in [5.41, 5.74) is -0.750. The Kier molecular flexibility index (Phi) is 16.1. The molecule has 2 unspecified atom stereocenters. The molecule has 262 valence electrons. The average molecular weight is 685 g/mol. The maximum atomic E-state index is 11.2. The summed E-state index contributed by atoms with van der Waals surface area (Å²) in [4.78, 5) is 48.6. The number of rotatable bonds is 14. The van der Waals surface area contributed by atoms with Crippen LogP contribution < -0.4 is 0 Å². The fourth-order valence-electron chi connectivity index (χ4n) is 7.06. The number of hydrogen-bond donors (Lipinski definition) is 4. The molecule has 0 radical (unpaired) electrons. The summed E-state index contributed by atoms with van der Waals surface area (Å²) in [5, 5.41) is 35.9. The number of hydrogen-bond acceptors (Lipinski definition) is 8. The van der Waals surface area contributed by atoms with Crippen molar-refractivity contribution in [2.24, 2.45) is 0 Å². The molecule has 2 fully saturated rings. The smallest absolute Gasteiger partial charge is 0.333 e. The third-order valence-electron chi connectivity index (χ3n) is 8.44. The summed E-state index contributed by atoms with van der Waals surface area (Å²) in [6, 6.07) is 0. The number of aliphatic carboxylic acids is 4. The monoisotopic (exact) mass is 684 g/mol. The van der Waals surface area contributed by atoms with Gasteiger partial charge in [0.05, 0.1) is 25.0 Å². The molecule has 45 heavy (non-hydrogen) atoms. The molecule has 0 amide bonds. The van der Waals surface area contributed by atoms with Crippen molar-refractivity contribution in [2.45, 2.75) is 140 Å². The summed E-state index contributed by atoms with van der Waals surface area (Å²) in [5.74, 6) is -4.80. The molecule has 0 saturated carbocycles. The van der Waals surface area contributed by atoms with Crippen LogP contribution in [0.1, 0.15) is 93.9 Å². The van der Waals surface area contributed by atoms with Gasteiger partial charge in [0.1, 0.15) is 0 Å². The normalized spacial score (nSPS) is 22.4.